The van der Waals surface area contributed by atoms with Crippen molar-refractivity contribution in [3.63, 3.8) is 0 Å². The Morgan fingerprint density at radius 3 is 2.48 bits per heavy atom. The molecule has 0 aliphatic carbocycles. The van der Waals surface area contributed by atoms with Crippen LogP contribution in [0.25, 0.3) is 0 Å². The highest BCUT2D eigenvalue weighted by atomic mass is 32.2. The van der Waals surface area contributed by atoms with E-state index in [4.69, 9.17) is 4.74 Å². The molecule has 0 aliphatic heterocycles. The number of amides is 1. The normalized spacial score (nSPS) is 12.3. The summed E-state index contributed by atoms with van der Waals surface area (Å²) in [5.74, 6) is -0.193. The standard InChI is InChI=1S/C21H27FN2O4S/c1-4-28-20-12-10-17(11-13-20)7-6-14-23-21(25)16(2)24(29(3,26)27)19-9-5-8-18(22)15-19/h5,8-13,15-16H,4,6-7,14H2,1-3H3,(H,23,25). The van der Waals surface area contributed by atoms with Gasteiger partial charge in [-0.3, -0.25) is 9.10 Å². The zero-order chi connectivity index (χ0) is 21.4. The van der Waals surface area contributed by atoms with E-state index in [-0.39, 0.29) is 5.69 Å². The zero-order valence-corrected chi connectivity index (χ0v) is 17.7. The van der Waals surface area contributed by atoms with Crippen molar-refractivity contribution in [2.24, 2.45) is 0 Å². The van der Waals surface area contributed by atoms with Gasteiger partial charge < -0.3 is 10.1 Å². The first-order valence-electron chi connectivity index (χ1n) is 9.46. The summed E-state index contributed by atoms with van der Waals surface area (Å²) >= 11 is 0. The summed E-state index contributed by atoms with van der Waals surface area (Å²) in [6.07, 6.45) is 2.46. The molecule has 158 valence electrons. The lowest BCUT2D eigenvalue weighted by atomic mass is 10.1. The Morgan fingerprint density at radius 2 is 1.90 bits per heavy atom. The van der Waals surface area contributed by atoms with Gasteiger partial charge in [0.25, 0.3) is 0 Å². The SMILES string of the molecule is CCOc1ccc(CCCNC(=O)C(C)N(c2cccc(F)c2)S(C)(=O)=O)cc1. The van der Waals surface area contributed by atoms with E-state index in [0.29, 0.717) is 19.6 Å². The fourth-order valence-corrected chi connectivity index (χ4v) is 4.16. The van der Waals surface area contributed by atoms with Gasteiger partial charge in [0, 0.05) is 6.54 Å². The van der Waals surface area contributed by atoms with Gasteiger partial charge >= 0.3 is 0 Å². The number of sulfonamides is 1. The van der Waals surface area contributed by atoms with Crippen molar-refractivity contribution in [2.45, 2.75) is 32.7 Å². The highest BCUT2D eigenvalue weighted by Crippen LogP contribution is 2.21. The molecule has 2 rings (SSSR count). The van der Waals surface area contributed by atoms with E-state index < -0.39 is 27.8 Å². The second kappa shape index (κ2) is 10.2. The summed E-state index contributed by atoms with van der Waals surface area (Å²) in [7, 11) is -3.77. The fourth-order valence-electron chi connectivity index (χ4n) is 2.99. The molecule has 0 bridgehead atoms. The van der Waals surface area contributed by atoms with Crippen LogP contribution in [-0.2, 0) is 21.2 Å². The first kappa shape index (κ1) is 22.7. The maximum absolute atomic E-state index is 13.5. The number of ether oxygens (including phenoxy) is 1. The van der Waals surface area contributed by atoms with E-state index in [1.165, 1.54) is 25.1 Å². The lowest BCUT2D eigenvalue weighted by Gasteiger charge is -2.28. The van der Waals surface area contributed by atoms with E-state index >= 15 is 0 Å². The molecule has 0 heterocycles. The quantitative estimate of drug-likeness (QED) is 0.597. The number of benzene rings is 2. The van der Waals surface area contributed by atoms with Crippen molar-refractivity contribution in [3.05, 3.63) is 59.9 Å². The van der Waals surface area contributed by atoms with E-state index in [2.05, 4.69) is 5.32 Å². The molecule has 2 aromatic carbocycles. The third-order valence-corrected chi connectivity index (χ3v) is 5.57. The van der Waals surface area contributed by atoms with Crippen LogP contribution in [0.4, 0.5) is 10.1 Å². The Balaban J connectivity index is 1.92. The fraction of sp³-hybridized carbons (Fsp3) is 0.381. The molecule has 2 aromatic rings. The number of aryl methyl sites for hydroxylation is 1. The minimum atomic E-state index is -3.77. The van der Waals surface area contributed by atoms with Gasteiger partial charge in [0.1, 0.15) is 17.6 Å². The topological polar surface area (TPSA) is 75.7 Å². The lowest BCUT2D eigenvalue weighted by Crippen LogP contribution is -2.48. The van der Waals surface area contributed by atoms with Gasteiger partial charge in [-0.05, 0) is 62.6 Å². The molecule has 0 radical (unpaired) electrons. The second-order valence-electron chi connectivity index (χ2n) is 6.69. The third-order valence-electron chi connectivity index (χ3n) is 4.33. The molecule has 1 N–H and O–H groups in total. The summed E-state index contributed by atoms with van der Waals surface area (Å²) in [4.78, 5) is 12.5. The van der Waals surface area contributed by atoms with Gasteiger partial charge in [0.2, 0.25) is 15.9 Å². The molecule has 1 unspecified atom stereocenters. The summed E-state index contributed by atoms with van der Waals surface area (Å²) in [6, 6.07) is 11.9. The third kappa shape index (κ3) is 6.74. The van der Waals surface area contributed by atoms with Gasteiger partial charge in [-0.25, -0.2) is 12.8 Å². The van der Waals surface area contributed by atoms with Crippen molar-refractivity contribution in [1.29, 1.82) is 0 Å². The predicted octanol–water partition coefficient (Wildman–Crippen LogP) is 3.13. The van der Waals surface area contributed by atoms with Crippen LogP contribution in [0, 0.1) is 5.82 Å². The summed E-state index contributed by atoms with van der Waals surface area (Å²) in [5.41, 5.74) is 1.23. The summed E-state index contributed by atoms with van der Waals surface area (Å²) < 4.78 is 44.2. The number of hydrogen-bond donors (Lipinski definition) is 1. The van der Waals surface area contributed by atoms with Crippen molar-refractivity contribution < 1.29 is 22.3 Å². The zero-order valence-electron chi connectivity index (χ0n) is 16.9. The van der Waals surface area contributed by atoms with Gasteiger partial charge in [0.15, 0.2) is 0 Å². The number of rotatable bonds is 10. The van der Waals surface area contributed by atoms with Gasteiger partial charge in [0.05, 0.1) is 18.6 Å². The first-order chi connectivity index (χ1) is 13.7. The maximum Gasteiger partial charge on any atom is 0.243 e. The Labute approximate surface area is 171 Å². The molecule has 8 heteroatoms. The van der Waals surface area contributed by atoms with Crippen LogP contribution >= 0.6 is 0 Å². The molecule has 0 fully saturated rings. The Bertz CT molecular complexity index is 917. The summed E-state index contributed by atoms with van der Waals surface area (Å²) in [6.45, 7) is 4.42. The average Bonchev–Trinajstić information content (AvgIpc) is 2.65. The molecule has 29 heavy (non-hydrogen) atoms. The van der Waals surface area contributed by atoms with Crippen LogP contribution in [0.2, 0.25) is 0 Å². The van der Waals surface area contributed by atoms with Crippen molar-refractivity contribution in [2.75, 3.05) is 23.7 Å². The number of carbonyl (C=O) groups is 1. The minimum Gasteiger partial charge on any atom is -0.494 e. The van der Waals surface area contributed by atoms with Crippen LogP contribution in [0.5, 0.6) is 5.75 Å². The molecule has 0 spiro atoms. The number of nitrogens with one attached hydrogen (secondary N) is 1. The Morgan fingerprint density at radius 1 is 1.21 bits per heavy atom. The molecule has 0 aromatic heterocycles. The largest absolute Gasteiger partial charge is 0.494 e. The molecule has 1 amide bonds. The molecule has 1 atom stereocenters. The monoisotopic (exact) mass is 422 g/mol. The smallest absolute Gasteiger partial charge is 0.243 e. The number of hydrogen-bond acceptors (Lipinski definition) is 4. The van der Waals surface area contributed by atoms with Gasteiger partial charge in [-0.15, -0.1) is 0 Å². The van der Waals surface area contributed by atoms with Crippen LogP contribution in [-0.4, -0.2) is 39.8 Å². The number of carbonyl (C=O) groups excluding carboxylic acids is 1. The van der Waals surface area contributed by atoms with Gasteiger partial charge in [-0.2, -0.15) is 0 Å². The van der Waals surface area contributed by atoms with Crippen molar-refractivity contribution >= 4 is 21.6 Å². The number of nitrogens with zero attached hydrogens (tertiary/aromatic N) is 1. The van der Waals surface area contributed by atoms with Gasteiger partial charge in [-0.1, -0.05) is 18.2 Å². The molecular formula is C21H27FN2O4S. The van der Waals surface area contributed by atoms with Crippen LogP contribution < -0.4 is 14.4 Å². The maximum atomic E-state index is 13.5. The van der Waals surface area contributed by atoms with Crippen molar-refractivity contribution in [1.82, 2.24) is 5.32 Å². The van der Waals surface area contributed by atoms with Crippen LogP contribution in [0.1, 0.15) is 25.8 Å². The molecule has 0 saturated carbocycles. The molecule has 0 aliphatic rings. The average molecular weight is 423 g/mol. The van der Waals surface area contributed by atoms with E-state index in [1.807, 2.05) is 31.2 Å². The molecule has 6 nitrogen and oxygen atoms in total. The van der Waals surface area contributed by atoms with E-state index in [0.717, 1.165) is 34.4 Å². The highest BCUT2D eigenvalue weighted by Gasteiger charge is 2.29. The molecule has 0 saturated heterocycles. The van der Waals surface area contributed by atoms with Crippen molar-refractivity contribution in [3.8, 4) is 5.75 Å². The second-order valence-corrected chi connectivity index (χ2v) is 8.55. The Hall–Kier alpha value is -2.61. The minimum absolute atomic E-state index is 0.115. The van der Waals surface area contributed by atoms with E-state index in [1.54, 1.807) is 0 Å². The van der Waals surface area contributed by atoms with Crippen LogP contribution in [0.3, 0.4) is 0 Å². The first-order valence-corrected chi connectivity index (χ1v) is 11.3. The number of halogens is 1. The highest BCUT2D eigenvalue weighted by molar-refractivity contribution is 7.92. The predicted molar refractivity (Wildman–Crippen MR) is 112 cm³/mol. The molecular weight excluding hydrogens is 395 g/mol. The Kier molecular flexibility index (Phi) is 8.01. The van der Waals surface area contributed by atoms with Crippen LogP contribution in [0.15, 0.2) is 48.5 Å². The van der Waals surface area contributed by atoms with E-state index in [9.17, 15) is 17.6 Å². The number of anilines is 1. The lowest BCUT2D eigenvalue weighted by molar-refractivity contribution is -0.121. The summed E-state index contributed by atoms with van der Waals surface area (Å²) in [5, 5.41) is 2.76.